The second-order valence-corrected chi connectivity index (χ2v) is 8.85. The molecule has 33 heavy (non-hydrogen) atoms. The zero-order valence-corrected chi connectivity index (χ0v) is 19.8. The quantitative estimate of drug-likeness (QED) is 0.234. The summed E-state index contributed by atoms with van der Waals surface area (Å²) in [7, 11) is 0. The number of carbonyl (C=O) groups is 1. The van der Waals surface area contributed by atoms with Crippen LogP contribution >= 0.6 is 35.0 Å². The Kier molecular flexibility index (Phi) is 7.83. The average Bonchev–Trinajstić information content (AvgIpc) is 3.24. The maximum Gasteiger partial charge on any atom is 0.244 e. The van der Waals surface area contributed by atoms with E-state index < -0.39 is 0 Å². The first-order chi connectivity index (χ1) is 16.1. The van der Waals surface area contributed by atoms with Gasteiger partial charge in [-0.2, -0.15) is 0 Å². The number of aromatic nitrogens is 3. The van der Waals surface area contributed by atoms with Gasteiger partial charge in [0.1, 0.15) is 0 Å². The predicted octanol–water partition coefficient (Wildman–Crippen LogP) is 6.20. The average molecular weight is 495 g/mol. The molecule has 166 valence electrons. The van der Waals surface area contributed by atoms with Gasteiger partial charge in [-0.25, -0.2) is 0 Å². The number of nitrogens with one attached hydrogen (secondary N) is 1. The van der Waals surface area contributed by atoms with Crippen molar-refractivity contribution >= 4 is 46.9 Å². The molecule has 1 heterocycles. The molecule has 0 aliphatic carbocycles. The van der Waals surface area contributed by atoms with Crippen LogP contribution in [-0.4, -0.2) is 20.7 Å². The van der Waals surface area contributed by atoms with Crippen LogP contribution in [0.2, 0.25) is 10.0 Å². The van der Waals surface area contributed by atoms with Crippen LogP contribution in [0.25, 0.3) is 11.8 Å². The first-order valence-corrected chi connectivity index (χ1v) is 11.9. The number of nitrogens with zero attached hydrogens (tertiary/aromatic N) is 3. The molecule has 0 aliphatic rings. The number of rotatable bonds is 8. The van der Waals surface area contributed by atoms with Gasteiger partial charge >= 0.3 is 0 Å². The van der Waals surface area contributed by atoms with Crippen molar-refractivity contribution in [1.29, 1.82) is 0 Å². The summed E-state index contributed by atoms with van der Waals surface area (Å²) in [6, 6.07) is 25.0. The molecule has 0 saturated carbocycles. The fourth-order valence-electron chi connectivity index (χ4n) is 3.10. The molecule has 0 aliphatic heterocycles. The van der Waals surface area contributed by atoms with Crippen LogP contribution in [0.1, 0.15) is 17.0 Å². The minimum atomic E-state index is -0.228. The van der Waals surface area contributed by atoms with Crippen molar-refractivity contribution in [2.24, 2.45) is 0 Å². The first kappa shape index (κ1) is 23.1. The Morgan fingerprint density at radius 2 is 1.70 bits per heavy atom. The molecule has 4 rings (SSSR count). The summed E-state index contributed by atoms with van der Waals surface area (Å²) < 4.78 is 1.85. The van der Waals surface area contributed by atoms with Crippen LogP contribution < -0.4 is 5.32 Å². The van der Waals surface area contributed by atoms with Crippen molar-refractivity contribution in [3.05, 3.63) is 112 Å². The molecular formula is C25H20Cl2N4OS. The van der Waals surface area contributed by atoms with Gasteiger partial charge in [-0.15, -0.1) is 10.2 Å². The second-order valence-electron chi connectivity index (χ2n) is 7.07. The predicted molar refractivity (Wildman–Crippen MR) is 135 cm³/mol. The lowest BCUT2D eigenvalue weighted by Crippen LogP contribution is -2.22. The highest BCUT2D eigenvalue weighted by Crippen LogP contribution is 2.30. The van der Waals surface area contributed by atoms with E-state index in [-0.39, 0.29) is 12.5 Å². The lowest BCUT2D eigenvalue weighted by molar-refractivity contribution is -0.116. The number of hydrogen-bond donors (Lipinski definition) is 1. The van der Waals surface area contributed by atoms with Crippen molar-refractivity contribution in [3.8, 4) is 5.69 Å². The van der Waals surface area contributed by atoms with E-state index in [1.54, 1.807) is 30.0 Å². The van der Waals surface area contributed by atoms with Gasteiger partial charge in [0.05, 0.1) is 17.3 Å². The number of amides is 1. The minimum absolute atomic E-state index is 0.190. The normalized spacial score (nSPS) is 11.1. The molecule has 0 bridgehead atoms. The molecule has 0 fully saturated rings. The summed E-state index contributed by atoms with van der Waals surface area (Å²) >= 11 is 14.1. The van der Waals surface area contributed by atoms with E-state index in [0.29, 0.717) is 26.7 Å². The maximum atomic E-state index is 12.4. The van der Waals surface area contributed by atoms with Crippen LogP contribution in [0.15, 0.2) is 90.1 Å². The first-order valence-electron chi connectivity index (χ1n) is 10.2. The lowest BCUT2D eigenvalue weighted by Gasteiger charge is -2.12. The molecule has 0 radical (unpaired) electrons. The van der Waals surface area contributed by atoms with Crippen molar-refractivity contribution in [2.75, 3.05) is 0 Å². The van der Waals surface area contributed by atoms with Crippen LogP contribution in [0.4, 0.5) is 0 Å². The van der Waals surface area contributed by atoms with E-state index >= 15 is 0 Å². The molecule has 1 amide bonds. The third-order valence-corrected chi connectivity index (χ3v) is 6.25. The Labute approximate surface area is 206 Å². The monoisotopic (exact) mass is 494 g/mol. The van der Waals surface area contributed by atoms with E-state index in [4.69, 9.17) is 23.2 Å². The van der Waals surface area contributed by atoms with Crippen LogP contribution in [-0.2, 0) is 17.1 Å². The van der Waals surface area contributed by atoms with Gasteiger partial charge in [-0.1, -0.05) is 95.6 Å². The number of benzene rings is 3. The Morgan fingerprint density at radius 1 is 0.970 bits per heavy atom. The highest BCUT2D eigenvalue weighted by Gasteiger charge is 2.17. The smallest absolute Gasteiger partial charge is 0.244 e. The maximum absolute atomic E-state index is 12.4. The number of carbonyl (C=O) groups excluding carboxylic acids is 1. The highest BCUT2D eigenvalue weighted by atomic mass is 35.5. The van der Waals surface area contributed by atoms with E-state index in [0.717, 1.165) is 11.3 Å². The van der Waals surface area contributed by atoms with Gasteiger partial charge in [0.25, 0.3) is 0 Å². The Balaban J connectivity index is 1.54. The van der Waals surface area contributed by atoms with E-state index in [9.17, 15) is 4.79 Å². The van der Waals surface area contributed by atoms with Gasteiger partial charge in [-0.3, -0.25) is 9.36 Å². The number of halogens is 2. The molecule has 5 nitrogen and oxygen atoms in total. The summed E-state index contributed by atoms with van der Waals surface area (Å²) in [5.41, 5.74) is 2.81. The van der Waals surface area contributed by atoms with E-state index in [1.165, 1.54) is 11.6 Å². The van der Waals surface area contributed by atoms with Gasteiger partial charge in [0.15, 0.2) is 11.0 Å². The molecule has 1 N–H and O–H groups in total. The van der Waals surface area contributed by atoms with Crippen molar-refractivity contribution < 1.29 is 4.79 Å². The summed E-state index contributed by atoms with van der Waals surface area (Å²) in [5.74, 6) is 1.06. The highest BCUT2D eigenvalue weighted by molar-refractivity contribution is 7.98. The molecule has 0 atom stereocenters. The third kappa shape index (κ3) is 6.26. The molecule has 0 spiro atoms. The molecule has 3 aromatic carbocycles. The van der Waals surface area contributed by atoms with Crippen LogP contribution in [0.3, 0.4) is 0 Å². The summed E-state index contributed by atoms with van der Waals surface area (Å²) in [4.78, 5) is 12.4. The third-order valence-electron chi connectivity index (χ3n) is 4.71. The zero-order valence-electron chi connectivity index (χ0n) is 17.5. The standard InChI is InChI=1S/C25H20Cl2N4OS/c26-20-12-13-22(21(27)15-20)31-23(16-28-24(32)14-11-18-7-3-1-4-8-18)29-30-25(31)33-17-19-9-5-2-6-10-19/h1-15H,16-17H2,(H,28,32). The SMILES string of the molecule is O=C(C=Cc1ccccc1)NCc1nnc(SCc2ccccc2)n1-c1ccc(Cl)cc1Cl. The molecule has 0 saturated heterocycles. The Bertz CT molecular complexity index is 1260. The van der Waals surface area contributed by atoms with E-state index in [1.807, 2.05) is 59.2 Å². The molecule has 0 unspecified atom stereocenters. The molecule has 4 aromatic rings. The number of thioether (sulfide) groups is 1. The topological polar surface area (TPSA) is 59.8 Å². The largest absolute Gasteiger partial charge is 0.345 e. The summed E-state index contributed by atoms with van der Waals surface area (Å²) in [6.45, 7) is 0.190. The Hall–Kier alpha value is -3.06. The number of hydrogen-bond acceptors (Lipinski definition) is 4. The van der Waals surface area contributed by atoms with Crippen molar-refractivity contribution in [1.82, 2.24) is 20.1 Å². The van der Waals surface area contributed by atoms with E-state index in [2.05, 4.69) is 27.6 Å². The fraction of sp³-hybridized carbons (Fsp3) is 0.0800. The summed E-state index contributed by atoms with van der Waals surface area (Å²) in [6.07, 6.45) is 3.26. The zero-order chi connectivity index (χ0) is 23.0. The molecule has 8 heteroatoms. The molecular weight excluding hydrogens is 475 g/mol. The Morgan fingerprint density at radius 3 is 2.42 bits per heavy atom. The van der Waals surface area contributed by atoms with Crippen LogP contribution in [0.5, 0.6) is 0 Å². The minimum Gasteiger partial charge on any atom is -0.345 e. The van der Waals surface area contributed by atoms with Gasteiger partial charge in [0, 0.05) is 16.9 Å². The molecule has 1 aromatic heterocycles. The second kappa shape index (κ2) is 11.2. The van der Waals surface area contributed by atoms with Crippen LogP contribution in [0, 0.1) is 0 Å². The van der Waals surface area contributed by atoms with Gasteiger partial charge < -0.3 is 5.32 Å². The fourth-order valence-corrected chi connectivity index (χ4v) is 4.51. The lowest BCUT2D eigenvalue weighted by atomic mass is 10.2. The van der Waals surface area contributed by atoms with Crippen molar-refractivity contribution in [2.45, 2.75) is 17.5 Å². The van der Waals surface area contributed by atoms with Gasteiger partial charge in [0.2, 0.25) is 5.91 Å². The van der Waals surface area contributed by atoms with Crippen molar-refractivity contribution in [3.63, 3.8) is 0 Å². The van der Waals surface area contributed by atoms with Gasteiger partial charge in [-0.05, 0) is 35.4 Å². The summed E-state index contributed by atoms with van der Waals surface area (Å²) in [5, 5.41) is 13.2.